The summed E-state index contributed by atoms with van der Waals surface area (Å²) in [5, 5.41) is 31.6. The third-order valence-electron chi connectivity index (χ3n) is 5.80. The molecule has 0 aliphatic heterocycles. The lowest BCUT2D eigenvalue weighted by molar-refractivity contribution is -0.143. The lowest BCUT2D eigenvalue weighted by Gasteiger charge is -2.09. The zero-order chi connectivity index (χ0) is 33.8. The van der Waals surface area contributed by atoms with Crippen LogP contribution in [0.2, 0.25) is 10.0 Å². The van der Waals surface area contributed by atoms with Crippen LogP contribution < -0.4 is 14.8 Å². The van der Waals surface area contributed by atoms with Gasteiger partial charge < -0.3 is 34.8 Å². The molecule has 0 fully saturated rings. The first-order valence-electron chi connectivity index (χ1n) is 13.5. The van der Waals surface area contributed by atoms with E-state index in [1.165, 1.54) is 24.5 Å². The van der Waals surface area contributed by atoms with E-state index in [2.05, 4.69) is 15.3 Å². The summed E-state index contributed by atoms with van der Waals surface area (Å²) in [5.41, 5.74) is 0.175. The highest BCUT2D eigenvalue weighted by molar-refractivity contribution is 6.31. The normalized spacial score (nSPS) is 10.2. The number of carbonyl (C=O) groups is 3. The summed E-state index contributed by atoms with van der Waals surface area (Å²) >= 11 is 11.7. The van der Waals surface area contributed by atoms with Gasteiger partial charge >= 0.3 is 11.9 Å². The predicted molar refractivity (Wildman–Crippen MR) is 170 cm³/mol. The highest BCUT2D eigenvalue weighted by Crippen LogP contribution is 2.28. The highest BCUT2D eigenvalue weighted by Gasteiger charge is 2.16. The molecule has 12 nitrogen and oxygen atoms in total. The van der Waals surface area contributed by atoms with Gasteiger partial charge in [0.1, 0.15) is 36.1 Å². The van der Waals surface area contributed by atoms with Gasteiger partial charge in [-0.3, -0.25) is 9.59 Å². The van der Waals surface area contributed by atoms with E-state index in [1.807, 2.05) is 30.3 Å². The first-order valence-corrected chi connectivity index (χ1v) is 14.3. The zero-order valence-corrected chi connectivity index (χ0v) is 25.7. The SMILES string of the molecule is O=C(CNC(=O)c1ncc(Oc2cccc(Cl)c2)cc1O)OCc1ccccc1.O=C(O)c1ncc(Oc2cccc(Cl)c2)cc1O. The molecule has 2 heterocycles. The van der Waals surface area contributed by atoms with Gasteiger partial charge in [-0.1, -0.05) is 65.7 Å². The maximum absolute atomic E-state index is 12.2. The molecule has 3 aromatic carbocycles. The van der Waals surface area contributed by atoms with Crippen LogP contribution in [0.3, 0.4) is 0 Å². The fraction of sp³-hybridized carbons (Fsp3) is 0.0606. The Bertz CT molecular complexity index is 1870. The van der Waals surface area contributed by atoms with Crippen molar-refractivity contribution in [1.82, 2.24) is 15.3 Å². The number of hydrogen-bond donors (Lipinski definition) is 4. The third kappa shape index (κ3) is 10.6. The number of halogens is 2. The van der Waals surface area contributed by atoms with Crippen molar-refractivity contribution in [3.05, 3.63) is 130 Å². The molecule has 2 aromatic heterocycles. The van der Waals surface area contributed by atoms with Crippen LogP contribution in [0.15, 0.2) is 103 Å². The number of aromatic nitrogens is 2. The number of aromatic carboxylic acids is 1. The second-order valence-corrected chi connectivity index (χ2v) is 10.2. The van der Waals surface area contributed by atoms with Crippen molar-refractivity contribution < 1.29 is 43.9 Å². The number of ether oxygens (including phenoxy) is 3. The molecule has 0 aliphatic rings. The Morgan fingerprint density at radius 1 is 0.681 bits per heavy atom. The maximum Gasteiger partial charge on any atom is 0.358 e. The minimum atomic E-state index is -1.30. The molecular weight excluding hydrogens is 653 g/mol. The Hall–Kier alpha value is -5.85. The number of aromatic hydroxyl groups is 2. The number of carboxylic acids is 1. The summed E-state index contributed by atoms with van der Waals surface area (Å²) in [5.74, 6) is -2.10. The number of amides is 1. The molecule has 4 N–H and O–H groups in total. The van der Waals surface area contributed by atoms with E-state index in [0.717, 1.165) is 5.56 Å². The number of nitrogens with one attached hydrogen (secondary N) is 1. The second kappa shape index (κ2) is 16.5. The quantitative estimate of drug-likeness (QED) is 0.117. The van der Waals surface area contributed by atoms with Crippen LogP contribution in [0.5, 0.6) is 34.5 Å². The zero-order valence-electron chi connectivity index (χ0n) is 24.2. The molecule has 240 valence electrons. The molecule has 14 heteroatoms. The van der Waals surface area contributed by atoms with Crippen molar-refractivity contribution in [1.29, 1.82) is 0 Å². The Morgan fingerprint density at radius 2 is 1.21 bits per heavy atom. The Kier molecular flexibility index (Phi) is 11.9. The van der Waals surface area contributed by atoms with E-state index in [4.69, 9.17) is 42.5 Å². The van der Waals surface area contributed by atoms with E-state index >= 15 is 0 Å². The number of nitrogens with zero attached hydrogens (tertiary/aromatic N) is 2. The highest BCUT2D eigenvalue weighted by atomic mass is 35.5. The smallest absolute Gasteiger partial charge is 0.358 e. The van der Waals surface area contributed by atoms with Crippen LogP contribution >= 0.6 is 23.2 Å². The number of pyridine rings is 2. The average molecular weight is 678 g/mol. The lowest BCUT2D eigenvalue weighted by atomic mass is 10.2. The molecule has 0 saturated carbocycles. The Labute approximate surface area is 277 Å². The van der Waals surface area contributed by atoms with Crippen molar-refractivity contribution in [3.8, 4) is 34.5 Å². The number of benzene rings is 3. The van der Waals surface area contributed by atoms with Gasteiger partial charge in [0.2, 0.25) is 0 Å². The van der Waals surface area contributed by atoms with Crippen molar-refractivity contribution in [3.63, 3.8) is 0 Å². The summed E-state index contributed by atoms with van der Waals surface area (Å²) in [6.45, 7) is -0.248. The van der Waals surface area contributed by atoms with E-state index in [-0.39, 0.29) is 36.1 Å². The van der Waals surface area contributed by atoms with Crippen molar-refractivity contribution in [2.45, 2.75) is 6.61 Å². The molecular formula is C33H25Cl2N3O9. The number of carboxylic acid groups (broad SMARTS) is 1. The van der Waals surface area contributed by atoms with Crippen LogP contribution in [0.1, 0.15) is 26.5 Å². The number of carbonyl (C=O) groups excluding carboxylic acids is 2. The van der Waals surface area contributed by atoms with Gasteiger partial charge in [-0.15, -0.1) is 0 Å². The van der Waals surface area contributed by atoms with Gasteiger partial charge in [0.05, 0.1) is 12.4 Å². The molecule has 5 rings (SSSR count). The first kappa shape index (κ1) is 34.0. The summed E-state index contributed by atoms with van der Waals surface area (Å²) in [4.78, 5) is 42.1. The molecule has 5 aromatic rings. The lowest BCUT2D eigenvalue weighted by Crippen LogP contribution is -2.31. The number of hydrogen-bond acceptors (Lipinski definition) is 10. The first-order chi connectivity index (χ1) is 22.6. The molecule has 0 unspecified atom stereocenters. The van der Waals surface area contributed by atoms with Gasteiger partial charge in [0.25, 0.3) is 5.91 Å². The Balaban J connectivity index is 0.000000238. The van der Waals surface area contributed by atoms with Gasteiger partial charge in [-0.25, -0.2) is 14.8 Å². The minimum Gasteiger partial charge on any atom is -0.505 e. The molecule has 0 aliphatic carbocycles. The fourth-order valence-electron chi connectivity index (χ4n) is 3.68. The number of esters is 1. The van der Waals surface area contributed by atoms with Gasteiger partial charge in [0.15, 0.2) is 22.9 Å². The van der Waals surface area contributed by atoms with Gasteiger partial charge in [-0.05, 0) is 42.0 Å². The van der Waals surface area contributed by atoms with E-state index in [9.17, 15) is 24.6 Å². The van der Waals surface area contributed by atoms with Crippen LogP contribution in [-0.2, 0) is 16.1 Å². The molecule has 0 radical (unpaired) electrons. The van der Waals surface area contributed by atoms with Crippen LogP contribution in [0.4, 0.5) is 0 Å². The van der Waals surface area contributed by atoms with E-state index < -0.39 is 29.3 Å². The third-order valence-corrected chi connectivity index (χ3v) is 6.27. The summed E-state index contributed by atoms with van der Waals surface area (Å²) in [6, 6.07) is 24.9. The van der Waals surface area contributed by atoms with E-state index in [0.29, 0.717) is 21.5 Å². The molecule has 0 spiro atoms. The standard InChI is InChI=1S/C21H17ClN2O5.C12H8ClNO4/c22-15-7-4-8-16(9-15)29-17-10-18(25)20(23-11-17)21(27)24-12-19(26)28-13-14-5-2-1-3-6-14;13-7-2-1-3-8(4-7)18-9-5-10(15)11(12(16)17)14-6-9/h1-11,25H,12-13H2,(H,24,27);1-6,15H,(H,16,17). The fourth-order valence-corrected chi connectivity index (χ4v) is 4.04. The molecule has 0 saturated heterocycles. The van der Waals surface area contributed by atoms with Gasteiger partial charge in [0, 0.05) is 22.2 Å². The van der Waals surface area contributed by atoms with E-state index in [1.54, 1.807) is 48.5 Å². The molecule has 0 bridgehead atoms. The van der Waals surface area contributed by atoms with Gasteiger partial charge in [-0.2, -0.15) is 0 Å². The Morgan fingerprint density at radius 3 is 1.70 bits per heavy atom. The summed E-state index contributed by atoms with van der Waals surface area (Å²) in [6.07, 6.45) is 2.49. The minimum absolute atomic E-state index is 0.106. The van der Waals surface area contributed by atoms with Crippen molar-refractivity contribution in [2.24, 2.45) is 0 Å². The summed E-state index contributed by atoms with van der Waals surface area (Å²) in [7, 11) is 0. The summed E-state index contributed by atoms with van der Waals surface area (Å²) < 4.78 is 16.0. The topological polar surface area (TPSA) is 177 Å². The molecule has 47 heavy (non-hydrogen) atoms. The van der Waals surface area contributed by atoms with Crippen molar-refractivity contribution in [2.75, 3.05) is 6.54 Å². The van der Waals surface area contributed by atoms with Crippen LogP contribution in [0.25, 0.3) is 0 Å². The average Bonchev–Trinajstić information content (AvgIpc) is 3.03. The van der Waals surface area contributed by atoms with Crippen LogP contribution in [0, 0.1) is 0 Å². The maximum atomic E-state index is 12.2. The molecule has 0 atom stereocenters. The monoisotopic (exact) mass is 677 g/mol. The molecule has 1 amide bonds. The second-order valence-electron chi connectivity index (χ2n) is 9.33. The number of rotatable bonds is 10. The van der Waals surface area contributed by atoms with Crippen molar-refractivity contribution >= 4 is 41.0 Å². The predicted octanol–water partition coefficient (Wildman–Crippen LogP) is 6.64. The van der Waals surface area contributed by atoms with Crippen LogP contribution in [-0.4, -0.2) is 49.7 Å². The largest absolute Gasteiger partial charge is 0.505 e.